The number of amides is 2. The Balaban J connectivity index is 0.00000225. The summed E-state index contributed by atoms with van der Waals surface area (Å²) in [5.41, 5.74) is 6.79. The highest BCUT2D eigenvalue weighted by Gasteiger charge is 2.38. The van der Waals surface area contributed by atoms with Crippen LogP contribution in [0.4, 0.5) is 0 Å². The van der Waals surface area contributed by atoms with Gasteiger partial charge >= 0.3 is 0 Å². The molecular weight excluding hydrogens is 423 g/mol. The van der Waals surface area contributed by atoms with Crippen LogP contribution >= 0.6 is 24.8 Å². The van der Waals surface area contributed by atoms with E-state index < -0.39 is 0 Å². The summed E-state index contributed by atoms with van der Waals surface area (Å²) in [6.07, 6.45) is 3.46. The molecule has 0 spiro atoms. The zero-order valence-electron chi connectivity index (χ0n) is 17.9. The molecule has 0 aromatic heterocycles. The first-order valence-corrected chi connectivity index (χ1v) is 10.7. The van der Waals surface area contributed by atoms with E-state index in [1.807, 2.05) is 40.1 Å². The van der Waals surface area contributed by atoms with E-state index in [9.17, 15) is 9.59 Å². The number of halogens is 2. The standard InChI is InChI=1S/C22H34N4O2.2ClH/c1-2-24-12-6-10-20(24)17-26-16-19(14-21(26)27)22(28)25(13-7-11-23)15-18-8-4-3-5-9-18;;/h3-5,8-9,19-20H,2,6-7,10-17,23H2,1H3;2*1H. The fourth-order valence-corrected chi connectivity index (χ4v) is 4.50. The third kappa shape index (κ3) is 6.84. The van der Waals surface area contributed by atoms with Gasteiger partial charge in [-0.1, -0.05) is 37.3 Å². The molecule has 8 heteroatoms. The van der Waals surface area contributed by atoms with Crippen LogP contribution in [0.1, 0.15) is 38.2 Å². The quantitative estimate of drug-likeness (QED) is 0.616. The van der Waals surface area contributed by atoms with E-state index >= 15 is 0 Å². The molecule has 3 rings (SSSR count). The van der Waals surface area contributed by atoms with Crippen molar-refractivity contribution in [3.63, 3.8) is 0 Å². The van der Waals surface area contributed by atoms with Gasteiger partial charge in [-0.05, 0) is 44.5 Å². The summed E-state index contributed by atoms with van der Waals surface area (Å²) in [6.45, 7) is 7.42. The van der Waals surface area contributed by atoms with Crippen LogP contribution in [0.25, 0.3) is 0 Å². The first-order chi connectivity index (χ1) is 13.6. The Bertz CT molecular complexity index is 662. The van der Waals surface area contributed by atoms with Crippen molar-refractivity contribution in [3.8, 4) is 0 Å². The average molecular weight is 459 g/mol. The summed E-state index contributed by atoms with van der Waals surface area (Å²) in [5, 5.41) is 0. The van der Waals surface area contributed by atoms with Crippen molar-refractivity contribution in [1.29, 1.82) is 0 Å². The lowest BCUT2D eigenvalue weighted by Crippen LogP contribution is -2.42. The number of likely N-dealkylation sites (tertiary alicyclic amines) is 2. The minimum Gasteiger partial charge on any atom is -0.340 e. The van der Waals surface area contributed by atoms with Gasteiger partial charge in [0.1, 0.15) is 0 Å². The molecule has 1 aromatic carbocycles. The van der Waals surface area contributed by atoms with Crippen LogP contribution in [0.15, 0.2) is 30.3 Å². The second kappa shape index (κ2) is 13.2. The molecule has 2 atom stereocenters. The van der Waals surface area contributed by atoms with Crippen LogP contribution in [0.2, 0.25) is 0 Å². The SMILES string of the molecule is CCN1CCCC1CN1CC(C(=O)N(CCCN)Cc2ccccc2)CC1=O.Cl.Cl. The van der Waals surface area contributed by atoms with Gasteiger partial charge in [-0.2, -0.15) is 0 Å². The minimum absolute atomic E-state index is 0. The zero-order valence-corrected chi connectivity index (χ0v) is 19.5. The average Bonchev–Trinajstić information content (AvgIpc) is 3.32. The number of nitrogens with two attached hydrogens (primary N) is 1. The van der Waals surface area contributed by atoms with Crippen molar-refractivity contribution in [1.82, 2.24) is 14.7 Å². The van der Waals surface area contributed by atoms with Crippen LogP contribution in [0, 0.1) is 5.92 Å². The summed E-state index contributed by atoms with van der Waals surface area (Å²) < 4.78 is 0. The number of hydrogen-bond donors (Lipinski definition) is 1. The fourth-order valence-electron chi connectivity index (χ4n) is 4.50. The topological polar surface area (TPSA) is 69.9 Å². The maximum atomic E-state index is 13.2. The van der Waals surface area contributed by atoms with E-state index in [1.165, 1.54) is 6.42 Å². The smallest absolute Gasteiger partial charge is 0.228 e. The lowest BCUT2D eigenvalue weighted by Gasteiger charge is -2.28. The highest BCUT2D eigenvalue weighted by molar-refractivity contribution is 5.89. The normalized spacial score (nSPS) is 21.3. The molecule has 2 saturated heterocycles. The Kier molecular flexibility index (Phi) is 11.7. The van der Waals surface area contributed by atoms with Crippen molar-refractivity contribution in [2.24, 2.45) is 11.7 Å². The molecule has 0 aliphatic carbocycles. The van der Waals surface area contributed by atoms with Crippen molar-refractivity contribution < 1.29 is 9.59 Å². The van der Waals surface area contributed by atoms with E-state index in [4.69, 9.17) is 5.73 Å². The maximum Gasteiger partial charge on any atom is 0.228 e. The van der Waals surface area contributed by atoms with Crippen LogP contribution < -0.4 is 5.73 Å². The van der Waals surface area contributed by atoms with E-state index in [2.05, 4.69) is 11.8 Å². The second-order valence-corrected chi connectivity index (χ2v) is 8.01. The van der Waals surface area contributed by atoms with Crippen LogP contribution in [-0.2, 0) is 16.1 Å². The van der Waals surface area contributed by atoms with Crippen molar-refractivity contribution in [2.45, 2.75) is 45.2 Å². The van der Waals surface area contributed by atoms with E-state index in [0.29, 0.717) is 38.6 Å². The largest absolute Gasteiger partial charge is 0.340 e. The third-order valence-corrected chi connectivity index (χ3v) is 6.06. The molecule has 1 aromatic rings. The summed E-state index contributed by atoms with van der Waals surface area (Å²) in [7, 11) is 0. The Hall–Kier alpha value is -1.34. The Morgan fingerprint density at radius 3 is 2.63 bits per heavy atom. The van der Waals surface area contributed by atoms with Crippen molar-refractivity contribution >= 4 is 36.6 Å². The van der Waals surface area contributed by atoms with Gasteiger partial charge in [0, 0.05) is 38.6 Å². The minimum atomic E-state index is -0.231. The summed E-state index contributed by atoms with van der Waals surface area (Å²) in [4.78, 5) is 32.0. The van der Waals surface area contributed by atoms with E-state index in [1.54, 1.807) is 0 Å². The molecule has 2 heterocycles. The molecule has 30 heavy (non-hydrogen) atoms. The Morgan fingerprint density at radius 1 is 1.23 bits per heavy atom. The third-order valence-electron chi connectivity index (χ3n) is 6.06. The summed E-state index contributed by atoms with van der Waals surface area (Å²) in [6, 6.07) is 10.5. The molecule has 0 saturated carbocycles. The molecule has 2 aliphatic heterocycles. The van der Waals surface area contributed by atoms with Gasteiger partial charge in [-0.15, -0.1) is 24.8 Å². The van der Waals surface area contributed by atoms with Crippen LogP contribution in [0.5, 0.6) is 0 Å². The highest BCUT2D eigenvalue weighted by Crippen LogP contribution is 2.25. The van der Waals surface area contributed by atoms with E-state index in [-0.39, 0.29) is 42.5 Å². The fraction of sp³-hybridized carbons (Fsp3) is 0.636. The Labute approximate surface area is 193 Å². The Morgan fingerprint density at radius 2 is 1.97 bits per heavy atom. The van der Waals surface area contributed by atoms with Gasteiger partial charge in [0.25, 0.3) is 0 Å². The van der Waals surface area contributed by atoms with Gasteiger partial charge in [0.05, 0.1) is 5.92 Å². The highest BCUT2D eigenvalue weighted by atomic mass is 35.5. The first-order valence-electron chi connectivity index (χ1n) is 10.7. The monoisotopic (exact) mass is 458 g/mol. The predicted molar refractivity (Wildman–Crippen MR) is 125 cm³/mol. The van der Waals surface area contributed by atoms with Gasteiger partial charge < -0.3 is 15.5 Å². The number of carbonyl (C=O) groups is 2. The lowest BCUT2D eigenvalue weighted by molar-refractivity contribution is -0.136. The first kappa shape index (κ1) is 26.7. The molecule has 0 radical (unpaired) electrons. The second-order valence-electron chi connectivity index (χ2n) is 8.01. The molecule has 170 valence electrons. The van der Waals surface area contributed by atoms with Crippen LogP contribution in [0.3, 0.4) is 0 Å². The van der Waals surface area contributed by atoms with Gasteiger partial charge in [0.2, 0.25) is 11.8 Å². The number of nitrogens with zero attached hydrogens (tertiary/aromatic N) is 3. The lowest BCUT2D eigenvalue weighted by atomic mass is 10.1. The number of rotatable bonds is 9. The van der Waals surface area contributed by atoms with Crippen molar-refractivity contribution in [3.05, 3.63) is 35.9 Å². The predicted octanol–water partition coefficient (Wildman–Crippen LogP) is 2.54. The molecule has 0 bridgehead atoms. The van der Waals surface area contributed by atoms with Gasteiger partial charge in [0.15, 0.2) is 0 Å². The van der Waals surface area contributed by atoms with Crippen molar-refractivity contribution in [2.75, 3.05) is 39.3 Å². The van der Waals surface area contributed by atoms with Crippen LogP contribution in [-0.4, -0.2) is 71.8 Å². The van der Waals surface area contributed by atoms with Gasteiger partial charge in [-0.3, -0.25) is 14.5 Å². The number of carbonyl (C=O) groups excluding carboxylic acids is 2. The number of hydrogen-bond acceptors (Lipinski definition) is 4. The molecule has 2 fully saturated rings. The number of likely N-dealkylation sites (N-methyl/N-ethyl adjacent to an activating group) is 1. The molecule has 6 nitrogen and oxygen atoms in total. The summed E-state index contributed by atoms with van der Waals surface area (Å²) in [5.74, 6) is -0.0165. The van der Waals surface area contributed by atoms with E-state index in [0.717, 1.165) is 38.0 Å². The molecule has 2 unspecified atom stereocenters. The molecule has 2 N–H and O–H groups in total. The number of benzene rings is 1. The zero-order chi connectivity index (χ0) is 19.9. The van der Waals surface area contributed by atoms with Gasteiger partial charge in [-0.25, -0.2) is 0 Å². The molecule has 2 aliphatic rings. The maximum absolute atomic E-state index is 13.2. The summed E-state index contributed by atoms with van der Waals surface area (Å²) >= 11 is 0. The molecular formula is C22H36Cl2N4O2. The molecule has 2 amide bonds.